The van der Waals surface area contributed by atoms with Crippen molar-refractivity contribution >= 4 is 29.4 Å². The lowest BCUT2D eigenvalue weighted by Crippen LogP contribution is -2.38. The summed E-state index contributed by atoms with van der Waals surface area (Å²) in [4.78, 5) is 39.7. The van der Waals surface area contributed by atoms with E-state index in [2.05, 4.69) is 20.2 Å². The van der Waals surface area contributed by atoms with E-state index in [-0.39, 0.29) is 12.2 Å². The number of esters is 1. The number of carboxylic acids is 1. The highest BCUT2D eigenvalue weighted by atomic mass is 16.5. The largest absolute Gasteiger partial charge is 0.495 e. The van der Waals surface area contributed by atoms with E-state index in [1.165, 1.54) is 19.2 Å². The van der Waals surface area contributed by atoms with Crippen LogP contribution in [0.4, 0.5) is 17.5 Å². The number of fused-ring (bicyclic) bond motifs is 3. The average Bonchev–Trinajstić information content (AvgIpc) is 3.54. The highest BCUT2D eigenvalue weighted by molar-refractivity contribution is 5.90. The van der Waals surface area contributed by atoms with E-state index in [9.17, 15) is 14.7 Å². The predicted molar refractivity (Wildman–Crippen MR) is 127 cm³/mol. The number of rotatable bonds is 7. The van der Waals surface area contributed by atoms with Gasteiger partial charge in [-0.1, -0.05) is 12.8 Å². The van der Waals surface area contributed by atoms with Gasteiger partial charge in [0.2, 0.25) is 5.95 Å². The van der Waals surface area contributed by atoms with E-state index in [1.54, 1.807) is 25.5 Å². The fourth-order valence-corrected chi connectivity index (χ4v) is 4.71. The van der Waals surface area contributed by atoms with Crippen molar-refractivity contribution < 1.29 is 24.2 Å². The Morgan fingerprint density at radius 1 is 1.23 bits per heavy atom. The second-order valence-electron chi connectivity index (χ2n) is 8.44. The quantitative estimate of drug-likeness (QED) is 0.486. The lowest BCUT2D eigenvalue weighted by Gasteiger charge is -2.35. The second-order valence-corrected chi connectivity index (χ2v) is 8.44. The van der Waals surface area contributed by atoms with Gasteiger partial charge in [-0.05, 0) is 38.0 Å². The Balaban J connectivity index is 1.53. The molecule has 182 valence electrons. The fraction of sp³-hybridized carbons (Fsp3) is 0.375. The minimum absolute atomic E-state index is 0.121. The van der Waals surface area contributed by atoms with E-state index in [1.807, 2.05) is 4.57 Å². The van der Waals surface area contributed by atoms with E-state index in [0.717, 1.165) is 42.9 Å². The number of methoxy groups -OCH3 is 1. The van der Waals surface area contributed by atoms with Gasteiger partial charge in [0.05, 0.1) is 43.4 Å². The third-order valence-corrected chi connectivity index (χ3v) is 6.40. The number of imidazole rings is 1. The molecule has 0 spiro atoms. The van der Waals surface area contributed by atoms with Crippen LogP contribution in [0.2, 0.25) is 0 Å². The Bertz CT molecular complexity index is 1280. The van der Waals surface area contributed by atoms with Gasteiger partial charge in [0.15, 0.2) is 11.5 Å². The first-order chi connectivity index (χ1) is 17.0. The minimum Gasteiger partial charge on any atom is -0.495 e. The molecule has 0 amide bonds. The summed E-state index contributed by atoms with van der Waals surface area (Å²) in [6.07, 6.45) is 7.67. The van der Waals surface area contributed by atoms with Gasteiger partial charge >= 0.3 is 11.9 Å². The molecule has 0 atom stereocenters. The molecule has 3 aromatic rings. The maximum atomic E-state index is 12.5. The zero-order valence-electron chi connectivity index (χ0n) is 19.5. The van der Waals surface area contributed by atoms with Crippen molar-refractivity contribution in [1.82, 2.24) is 19.5 Å². The lowest BCUT2D eigenvalue weighted by molar-refractivity contribution is 0.0518. The van der Waals surface area contributed by atoms with Crippen molar-refractivity contribution in [3.8, 4) is 11.4 Å². The van der Waals surface area contributed by atoms with Crippen molar-refractivity contribution in [3.05, 3.63) is 47.7 Å². The molecule has 1 aliphatic heterocycles. The zero-order valence-corrected chi connectivity index (χ0v) is 19.5. The molecule has 2 N–H and O–H groups in total. The van der Waals surface area contributed by atoms with Gasteiger partial charge < -0.3 is 24.8 Å². The van der Waals surface area contributed by atoms with E-state index < -0.39 is 11.9 Å². The molecule has 3 heterocycles. The number of anilines is 3. The van der Waals surface area contributed by atoms with Gasteiger partial charge in [-0.2, -0.15) is 4.98 Å². The van der Waals surface area contributed by atoms with Crippen LogP contribution < -0.4 is 15.0 Å². The Labute approximate surface area is 201 Å². The summed E-state index contributed by atoms with van der Waals surface area (Å²) < 4.78 is 12.4. The van der Waals surface area contributed by atoms with Crippen molar-refractivity contribution in [3.63, 3.8) is 0 Å². The third kappa shape index (κ3) is 4.13. The first-order valence-electron chi connectivity index (χ1n) is 11.6. The summed E-state index contributed by atoms with van der Waals surface area (Å²) in [7, 11) is 1.48. The number of aromatic carboxylic acids is 1. The second kappa shape index (κ2) is 9.24. The van der Waals surface area contributed by atoms with Crippen molar-refractivity contribution in [2.45, 2.75) is 45.2 Å². The summed E-state index contributed by atoms with van der Waals surface area (Å²) in [6.45, 7) is 2.54. The molecule has 1 fully saturated rings. The molecule has 11 nitrogen and oxygen atoms in total. The van der Waals surface area contributed by atoms with Crippen LogP contribution in [0.3, 0.4) is 0 Å². The van der Waals surface area contributed by atoms with Gasteiger partial charge in [0.1, 0.15) is 17.8 Å². The monoisotopic (exact) mass is 478 g/mol. The van der Waals surface area contributed by atoms with Crippen LogP contribution in [0.15, 0.2) is 30.7 Å². The van der Waals surface area contributed by atoms with Crippen LogP contribution >= 0.6 is 0 Å². The molecule has 2 aromatic heterocycles. The number of hydrogen-bond acceptors (Lipinski definition) is 9. The molecular formula is C24H26N6O5. The standard InChI is InChI=1S/C24H26N6O5/c1-3-35-23(33)20-18-12-29(15-6-4-5-7-15)21-17(30(18)13-26-20)11-25-24(28-21)27-16-9-8-14(22(31)32)10-19(16)34-2/h8-11,13,15H,3-7,12H2,1-2H3,(H,31,32)(H,25,27,28). The van der Waals surface area contributed by atoms with Gasteiger partial charge in [-0.25, -0.2) is 19.6 Å². The van der Waals surface area contributed by atoms with Crippen LogP contribution in [0.25, 0.3) is 5.69 Å². The van der Waals surface area contributed by atoms with Gasteiger partial charge in [-0.3, -0.25) is 4.57 Å². The summed E-state index contributed by atoms with van der Waals surface area (Å²) in [5, 5.41) is 12.4. The Hall–Kier alpha value is -4.15. The Kier molecular flexibility index (Phi) is 5.98. The number of benzene rings is 1. The molecule has 0 unspecified atom stereocenters. The minimum atomic E-state index is -1.04. The van der Waals surface area contributed by atoms with Crippen LogP contribution in [-0.2, 0) is 11.3 Å². The average molecular weight is 479 g/mol. The highest BCUT2D eigenvalue weighted by Gasteiger charge is 2.34. The molecule has 5 rings (SSSR count). The first kappa shape index (κ1) is 22.6. The van der Waals surface area contributed by atoms with Crippen LogP contribution in [0.1, 0.15) is 59.1 Å². The third-order valence-electron chi connectivity index (χ3n) is 6.40. The molecular weight excluding hydrogens is 452 g/mol. The van der Waals surface area contributed by atoms with Crippen molar-refractivity contribution in [2.24, 2.45) is 0 Å². The summed E-state index contributed by atoms with van der Waals surface area (Å²) >= 11 is 0. The molecule has 1 saturated carbocycles. The van der Waals surface area contributed by atoms with Crippen molar-refractivity contribution in [2.75, 3.05) is 23.9 Å². The van der Waals surface area contributed by atoms with E-state index >= 15 is 0 Å². The van der Waals surface area contributed by atoms with Crippen LogP contribution in [0.5, 0.6) is 5.75 Å². The molecule has 1 aliphatic carbocycles. The Morgan fingerprint density at radius 3 is 2.74 bits per heavy atom. The molecule has 0 bridgehead atoms. The van der Waals surface area contributed by atoms with Crippen molar-refractivity contribution in [1.29, 1.82) is 0 Å². The maximum absolute atomic E-state index is 12.5. The van der Waals surface area contributed by atoms with Crippen LogP contribution in [-0.4, -0.2) is 56.3 Å². The normalized spacial score (nSPS) is 14.9. The number of carbonyl (C=O) groups excluding carboxylic acids is 1. The van der Waals surface area contributed by atoms with E-state index in [0.29, 0.717) is 35.7 Å². The summed E-state index contributed by atoms with van der Waals surface area (Å²) in [5.74, 6) is -0.00873. The van der Waals surface area contributed by atoms with Crippen LogP contribution in [0, 0.1) is 0 Å². The van der Waals surface area contributed by atoms with Gasteiger partial charge in [0, 0.05) is 6.04 Å². The predicted octanol–water partition coefficient (Wildman–Crippen LogP) is 3.55. The number of aromatic nitrogens is 4. The molecule has 1 aromatic carbocycles. The fourth-order valence-electron chi connectivity index (χ4n) is 4.71. The highest BCUT2D eigenvalue weighted by Crippen LogP contribution is 2.38. The number of nitrogens with zero attached hydrogens (tertiary/aromatic N) is 5. The molecule has 0 saturated heterocycles. The summed E-state index contributed by atoms with van der Waals surface area (Å²) in [5.41, 5.74) is 2.48. The number of ether oxygens (including phenoxy) is 2. The number of hydrogen-bond donors (Lipinski definition) is 2. The molecule has 2 aliphatic rings. The topological polar surface area (TPSA) is 132 Å². The zero-order chi connectivity index (χ0) is 24.5. The molecule has 11 heteroatoms. The number of carboxylic acid groups (broad SMARTS) is 1. The lowest BCUT2D eigenvalue weighted by atomic mass is 10.1. The Morgan fingerprint density at radius 2 is 2.03 bits per heavy atom. The van der Waals surface area contributed by atoms with E-state index in [4.69, 9.17) is 14.5 Å². The van der Waals surface area contributed by atoms with Gasteiger partial charge in [-0.15, -0.1) is 0 Å². The smallest absolute Gasteiger partial charge is 0.358 e. The van der Waals surface area contributed by atoms with Gasteiger partial charge in [0.25, 0.3) is 0 Å². The number of carbonyl (C=O) groups is 2. The first-order valence-corrected chi connectivity index (χ1v) is 11.6. The number of nitrogens with one attached hydrogen (secondary N) is 1. The molecule has 35 heavy (non-hydrogen) atoms. The maximum Gasteiger partial charge on any atom is 0.358 e. The molecule has 0 radical (unpaired) electrons. The SMILES string of the molecule is CCOC(=O)c1ncn2c1CN(C1CCCC1)c1nc(Nc3ccc(C(=O)O)cc3OC)ncc1-2. The summed E-state index contributed by atoms with van der Waals surface area (Å²) in [6, 6.07) is 4.85.